The van der Waals surface area contributed by atoms with Gasteiger partial charge < -0.3 is 19.1 Å². The van der Waals surface area contributed by atoms with E-state index in [4.69, 9.17) is 19.2 Å². The molecule has 0 unspecified atom stereocenters. The van der Waals surface area contributed by atoms with Crippen LogP contribution in [0.3, 0.4) is 0 Å². The largest absolute Gasteiger partial charge is 0.493 e. The fourth-order valence-corrected chi connectivity index (χ4v) is 4.23. The average molecular weight is 452 g/mol. The molecule has 0 radical (unpaired) electrons. The van der Waals surface area contributed by atoms with Gasteiger partial charge in [-0.25, -0.2) is 9.97 Å². The van der Waals surface area contributed by atoms with Crippen molar-refractivity contribution in [1.29, 1.82) is 0 Å². The topological polar surface area (TPSA) is 73.8 Å². The average Bonchev–Trinajstić information content (AvgIpc) is 2.87. The number of rotatable bonds is 7. The molecule has 2 aromatic carbocycles. The van der Waals surface area contributed by atoms with E-state index < -0.39 is 0 Å². The highest BCUT2D eigenvalue weighted by Crippen LogP contribution is 2.34. The molecule has 4 rings (SSSR count). The number of morpholine rings is 1. The highest BCUT2D eigenvalue weighted by molar-refractivity contribution is 7.98. The Labute approximate surface area is 191 Å². The minimum absolute atomic E-state index is 0.0994. The predicted octanol–water partition coefficient (Wildman–Crippen LogP) is 3.93. The number of methoxy groups -OCH3 is 2. The van der Waals surface area contributed by atoms with Crippen LogP contribution in [0.25, 0.3) is 11.3 Å². The van der Waals surface area contributed by atoms with Crippen LogP contribution in [0.15, 0.2) is 59.9 Å². The summed E-state index contributed by atoms with van der Waals surface area (Å²) in [5.41, 5.74) is 2.99. The maximum Gasteiger partial charge on any atom is 0.257 e. The molecule has 7 nitrogen and oxygen atoms in total. The quantitative estimate of drug-likeness (QED) is 0.398. The highest BCUT2D eigenvalue weighted by Gasteiger charge is 2.24. The van der Waals surface area contributed by atoms with E-state index >= 15 is 0 Å². The van der Waals surface area contributed by atoms with E-state index in [0.717, 1.165) is 11.3 Å². The second-order valence-corrected chi connectivity index (χ2v) is 8.11. The molecule has 1 aliphatic heterocycles. The zero-order valence-corrected chi connectivity index (χ0v) is 18.9. The van der Waals surface area contributed by atoms with Gasteiger partial charge in [-0.2, -0.15) is 0 Å². The Morgan fingerprint density at radius 3 is 2.53 bits per heavy atom. The number of aromatic nitrogens is 2. The lowest BCUT2D eigenvalue weighted by Crippen LogP contribution is -2.41. The highest BCUT2D eigenvalue weighted by atomic mass is 32.2. The van der Waals surface area contributed by atoms with Gasteiger partial charge in [-0.05, 0) is 23.8 Å². The number of hydrogen-bond donors (Lipinski definition) is 0. The molecule has 1 fully saturated rings. The minimum atomic E-state index is -0.0994. The van der Waals surface area contributed by atoms with Crippen LogP contribution < -0.4 is 9.47 Å². The van der Waals surface area contributed by atoms with Crippen molar-refractivity contribution in [3.63, 3.8) is 0 Å². The first kappa shape index (κ1) is 22.1. The molecular formula is C24H25N3O4S. The van der Waals surface area contributed by atoms with Crippen molar-refractivity contribution in [1.82, 2.24) is 14.9 Å². The van der Waals surface area contributed by atoms with E-state index in [1.165, 1.54) is 17.3 Å². The fraction of sp³-hybridized carbons (Fsp3) is 0.292. The second kappa shape index (κ2) is 10.5. The lowest BCUT2D eigenvalue weighted by atomic mass is 10.1. The van der Waals surface area contributed by atoms with Gasteiger partial charge in [-0.15, -0.1) is 0 Å². The van der Waals surface area contributed by atoms with Crippen molar-refractivity contribution < 1.29 is 19.0 Å². The van der Waals surface area contributed by atoms with Crippen molar-refractivity contribution in [2.45, 2.75) is 10.9 Å². The Bertz CT molecular complexity index is 1070. The smallest absolute Gasteiger partial charge is 0.257 e. The Kier molecular flexibility index (Phi) is 7.24. The molecular weight excluding hydrogens is 426 g/mol. The van der Waals surface area contributed by atoms with Crippen LogP contribution in [0.2, 0.25) is 0 Å². The normalized spacial score (nSPS) is 13.6. The van der Waals surface area contributed by atoms with Crippen LogP contribution in [-0.2, 0) is 10.5 Å². The molecule has 0 saturated carbocycles. The van der Waals surface area contributed by atoms with Crippen LogP contribution in [-0.4, -0.2) is 61.3 Å². The van der Waals surface area contributed by atoms with Gasteiger partial charge in [0.05, 0.1) is 38.7 Å². The first-order valence-corrected chi connectivity index (χ1v) is 11.3. The second-order valence-electron chi connectivity index (χ2n) is 7.16. The Hall–Kier alpha value is -3.10. The predicted molar refractivity (Wildman–Crippen MR) is 123 cm³/mol. The number of thioether (sulfide) groups is 1. The minimum Gasteiger partial charge on any atom is -0.493 e. The summed E-state index contributed by atoms with van der Waals surface area (Å²) in [4.78, 5) is 24.3. The zero-order chi connectivity index (χ0) is 22.3. The van der Waals surface area contributed by atoms with E-state index in [0.29, 0.717) is 54.2 Å². The van der Waals surface area contributed by atoms with Gasteiger partial charge in [0.1, 0.15) is 0 Å². The number of hydrogen-bond acceptors (Lipinski definition) is 7. The van der Waals surface area contributed by atoms with E-state index in [2.05, 4.69) is 17.1 Å². The molecule has 0 spiro atoms. The Morgan fingerprint density at radius 2 is 1.81 bits per heavy atom. The number of ether oxygens (including phenoxy) is 3. The van der Waals surface area contributed by atoms with E-state index in [1.807, 2.05) is 36.4 Å². The fourth-order valence-electron chi connectivity index (χ4n) is 3.45. The first-order chi connectivity index (χ1) is 15.7. The summed E-state index contributed by atoms with van der Waals surface area (Å²) < 4.78 is 16.2. The monoisotopic (exact) mass is 451 g/mol. The number of carbonyl (C=O) groups is 1. The molecule has 1 aliphatic rings. The van der Waals surface area contributed by atoms with Gasteiger partial charge in [0.15, 0.2) is 16.7 Å². The molecule has 0 aliphatic carbocycles. The van der Waals surface area contributed by atoms with Crippen LogP contribution in [0, 0.1) is 0 Å². The molecule has 0 atom stereocenters. The number of amides is 1. The van der Waals surface area contributed by atoms with Gasteiger partial charge in [-0.3, -0.25) is 4.79 Å². The molecule has 2 heterocycles. The third-order valence-corrected chi connectivity index (χ3v) is 6.10. The third kappa shape index (κ3) is 5.03. The van der Waals surface area contributed by atoms with Crippen molar-refractivity contribution in [2.75, 3.05) is 40.5 Å². The number of carbonyl (C=O) groups excluding carboxylic acids is 1. The van der Waals surface area contributed by atoms with E-state index in [9.17, 15) is 4.79 Å². The number of nitrogens with zero attached hydrogens (tertiary/aromatic N) is 3. The SMILES string of the molecule is COc1ccc(-c2nc(SCc3ccccc3)ncc2C(=O)N2CCOCC2)cc1OC. The lowest BCUT2D eigenvalue weighted by Gasteiger charge is -2.27. The van der Waals surface area contributed by atoms with Crippen molar-refractivity contribution in [3.8, 4) is 22.8 Å². The summed E-state index contributed by atoms with van der Waals surface area (Å²) in [6, 6.07) is 15.7. The molecule has 1 aromatic heterocycles. The molecule has 0 N–H and O–H groups in total. The van der Waals surface area contributed by atoms with Crippen molar-refractivity contribution >= 4 is 17.7 Å². The molecule has 32 heavy (non-hydrogen) atoms. The van der Waals surface area contributed by atoms with E-state index in [1.54, 1.807) is 25.3 Å². The van der Waals surface area contributed by atoms with E-state index in [-0.39, 0.29) is 5.91 Å². The Morgan fingerprint density at radius 1 is 1.06 bits per heavy atom. The van der Waals surface area contributed by atoms with Gasteiger partial charge in [0, 0.05) is 30.6 Å². The standard InChI is InChI=1S/C24H25N3O4S/c1-29-20-9-8-18(14-21(20)30-2)22-19(23(28)27-10-12-31-13-11-27)15-25-24(26-22)32-16-17-6-4-3-5-7-17/h3-9,14-15H,10-13,16H2,1-2H3. The van der Waals surface area contributed by atoms with Crippen LogP contribution in [0.5, 0.6) is 11.5 Å². The maximum atomic E-state index is 13.3. The third-order valence-electron chi connectivity index (χ3n) is 5.16. The van der Waals surface area contributed by atoms with Crippen molar-refractivity contribution in [3.05, 3.63) is 65.9 Å². The maximum absolute atomic E-state index is 13.3. The molecule has 3 aromatic rings. The van der Waals surface area contributed by atoms with Gasteiger partial charge in [0.25, 0.3) is 5.91 Å². The lowest BCUT2D eigenvalue weighted by molar-refractivity contribution is 0.0302. The summed E-state index contributed by atoms with van der Waals surface area (Å²) in [7, 11) is 3.18. The Balaban J connectivity index is 1.70. The van der Waals surface area contributed by atoms with Gasteiger partial charge in [0.2, 0.25) is 0 Å². The van der Waals surface area contributed by atoms with Gasteiger partial charge in [-0.1, -0.05) is 42.1 Å². The molecule has 1 saturated heterocycles. The number of benzene rings is 2. The summed E-state index contributed by atoms with van der Waals surface area (Å²) in [6.07, 6.45) is 1.63. The van der Waals surface area contributed by atoms with Crippen LogP contribution in [0.1, 0.15) is 15.9 Å². The van der Waals surface area contributed by atoms with Crippen molar-refractivity contribution in [2.24, 2.45) is 0 Å². The molecule has 166 valence electrons. The first-order valence-electron chi connectivity index (χ1n) is 10.3. The zero-order valence-electron chi connectivity index (χ0n) is 18.1. The summed E-state index contributed by atoms with van der Waals surface area (Å²) in [5.74, 6) is 1.83. The van der Waals surface area contributed by atoms with Gasteiger partial charge >= 0.3 is 0 Å². The molecule has 1 amide bonds. The summed E-state index contributed by atoms with van der Waals surface area (Å²) in [5, 5.41) is 0.608. The molecule has 8 heteroatoms. The summed E-state index contributed by atoms with van der Waals surface area (Å²) >= 11 is 1.53. The van der Waals surface area contributed by atoms with Crippen LogP contribution in [0.4, 0.5) is 0 Å². The van der Waals surface area contributed by atoms with Crippen LogP contribution >= 0.6 is 11.8 Å². The summed E-state index contributed by atoms with van der Waals surface area (Å²) in [6.45, 7) is 2.16. The molecule has 0 bridgehead atoms.